The number of hydrogen-bond acceptors (Lipinski definition) is 5. The number of aryl methyl sites for hydroxylation is 2. The summed E-state index contributed by atoms with van der Waals surface area (Å²) in [6.07, 6.45) is -1.12. The van der Waals surface area contributed by atoms with E-state index in [1.807, 2.05) is 25.1 Å². The highest BCUT2D eigenvalue weighted by Gasteiger charge is 2.27. The van der Waals surface area contributed by atoms with Gasteiger partial charge >= 0.3 is 5.97 Å². The van der Waals surface area contributed by atoms with Crippen molar-refractivity contribution in [2.24, 2.45) is 0 Å². The van der Waals surface area contributed by atoms with Crippen molar-refractivity contribution in [1.82, 2.24) is 5.16 Å². The minimum atomic E-state index is -1.12. The molecule has 0 radical (unpaired) electrons. The standard InChI is InChI=1S/C20H18N2O4/c1-13-8-10-16(11-9-13)21-19(23)18(15-6-4-3-5-7-15)25-20(24)17-12-14(2)22-26-17/h3-12,18H,1-2H3,(H,21,23)/t18-/m0/s1. The van der Waals surface area contributed by atoms with E-state index in [4.69, 9.17) is 9.26 Å². The first-order valence-corrected chi connectivity index (χ1v) is 8.10. The van der Waals surface area contributed by atoms with Crippen LogP contribution in [-0.2, 0) is 9.53 Å². The molecule has 0 unspecified atom stereocenters. The van der Waals surface area contributed by atoms with Gasteiger partial charge in [-0.15, -0.1) is 0 Å². The Hall–Kier alpha value is -3.41. The zero-order valence-electron chi connectivity index (χ0n) is 14.4. The molecule has 0 aliphatic carbocycles. The summed E-state index contributed by atoms with van der Waals surface area (Å²) < 4.78 is 10.3. The smallest absolute Gasteiger partial charge is 0.378 e. The van der Waals surface area contributed by atoms with Crippen molar-refractivity contribution in [3.05, 3.63) is 83.2 Å². The molecule has 0 aliphatic rings. The number of rotatable bonds is 5. The van der Waals surface area contributed by atoms with E-state index >= 15 is 0 Å². The fourth-order valence-electron chi connectivity index (χ4n) is 2.37. The average molecular weight is 350 g/mol. The minimum Gasteiger partial charge on any atom is -0.441 e. The number of nitrogens with zero attached hydrogens (tertiary/aromatic N) is 1. The second kappa shape index (κ2) is 7.65. The Balaban J connectivity index is 1.82. The Morgan fingerprint density at radius 3 is 2.35 bits per heavy atom. The first-order chi connectivity index (χ1) is 12.5. The molecule has 1 N–H and O–H groups in total. The van der Waals surface area contributed by atoms with Crippen LogP contribution in [0.2, 0.25) is 0 Å². The fraction of sp³-hybridized carbons (Fsp3) is 0.150. The molecule has 6 nitrogen and oxygen atoms in total. The maximum Gasteiger partial charge on any atom is 0.378 e. The van der Waals surface area contributed by atoms with Crippen molar-refractivity contribution < 1.29 is 18.8 Å². The van der Waals surface area contributed by atoms with E-state index in [-0.39, 0.29) is 5.76 Å². The molecule has 1 heterocycles. The molecule has 0 saturated heterocycles. The van der Waals surface area contributed by atoms with Crippen LogP contribution in [0, 0.1) is 13.8 Å². The van der Waals surface area contributed by atoms with Crippen molar-refractivity contribution in [3.63, 3.8) is 0 Å². The quantitative estimate of drug-likeness (QED) is 0.707. The Morgan fingerprint density at radius 1 is 1.04 bits per heavy atom. The molecule has 0 spiro atoms. The molecule has 0 aliphatic heterocycles. The van der Waals surface area contributed by atoms with Gasteiger partial charge in [0.1, 0.15) is 0 Å². The monoisotopic (exact) mass is 350 g/mol. The maximum atomic E-state index is 12.7. The number of nitrogens with one attached hydrogen (secondary N) is 1. The summed E-state index contributed by atoms with van der Waals surface area (Å²) in [5.74, 6) is -1.25. The summed E-state index contributed by atoms with van der Waals surface area (Å²) in [6, 6.07) is 17.6. The number of carbonyl (C=O) groups excluding carboxylic acids is 2. The van der Waals surface area contributed by atoms with Crippen LogP contribution in [0.1, 0.15) is 33.5 Å². The lowest BCUT2D eigenvalue weighted by molar-refractivity contribution is -0.125. The molecule has 0 fully saturated rings. The molecule has 1 aromatic heterocycles. The lowest BCUT2D eigenvalue weighted by atomic mass is 10.1. The van der Waals surface area contributed by atoms with E-state index in [1.54, 1.807) is 43.3 Å². The van der Waals surface area contributed by atoms with Gasteiger partial charge in [-0.25, -0.2) is 4.79 Å². The van der Waals surface area contributed by atoms with E-state index in [0.717, 1.165) is 5.56 Å². The van der Waals surface area contributed by atoms with Gasteiger partial charge in [-0.05, 0) is 26.0 Å². The second-order valence-electron chi connectivity index (χ2n) is 5.88. The van der Waals surface area contributed by atoms with Gasteiger partial charge in [0.05, 0.1) is 5.69 Å². The van der Waals surface area contributed by atoms with Crippen LogP contribution >= 0.6 is 0 Å². The number of benzene rings is 2. The number of aromatic nitrogens is 1. The van der Waals surface area contributed by atoms with Gasteiger partial charge in [0.25, 0.3) is 5.91 Å². The van der Waals surface area contributed by atoms with E-state index < -0.39 is 18.0 Å². The number of ether oxygens (including phenoxy) is 1. The SMILES string of the molecule is Cc1ccc(NC(=O)[C@@H](OC(=O)c2cc(C)no2)c2ccccc2)cc1. The number of amides is 1. The molecule has 1 amide bonds. The van der Waals surface area contributed by atoms with E-state index in [9.17, 15) is 9.59 Å². The predicted octanol–water partition coefficient (Wildman–Crippen LogP) is 3.83. The van der Waals surface area contributed by atoms with Crippen molar-refractivity contribution in [1.29, 1.82) is 0 Å². The molecular weight excluding hydrogens is 332 g/mol. The maximum absolute atomic E-state index is 12.7. The van der Waals surface area contributed by atoms with Crippen LogP contribution < -0.4 is 5.32 Å². The first-order valence-electron chi connectivity index (χ1n) is 8.10. The van der Waals surface area contributed by atoms with Gasteiger partial charge in [0.2, 0.25) is 11.9 Å². The van der Waals surface area contributed by atoms with Crippen LogP contribution in [0.4, 0.5) is 5.69 Å². The minimum absolute atomic E-state index is 0.0495. The third kappa shape index (κ3) is 4.16. The largest absolute Gasteiger partial charge is 0.441 e. The zero-order valence-corrected chi connectivity index (χ0v) is 14.4. The fourth-order valence-corrected chi connectivity index (χ4v) is 2.37. The van der Waals surface area contributed by atoms with Gasteiger partial charge in [0, 0.05) is 17.3 Å². The Morgan fingerprint density at radius 2 is 1.73 bits per heavy atom. The highest BCUT2D eigenvalue weighted by atomic mass is 16.6. The van der Waals surface area contributed by atoms with E-state index in [1.165, 1.54) is 6.07 Å². The topological polar surface area (TPSA) is 81.4 Å². The summed E-state index contributed by atoms with van der Waals surface area (Å²) >= 11 is 0. The Kier molecular flexibility index (Phi) is 5.12. The molecule has 3 aromatic rings. The van der Waals surface area contributed by atoms with Crippen LogP contribution in [-0.4, -0.2) is 17.0 Å². The first kappa shape index (κ1) is 17.4. The lowest BCUT2D eigenvalue weighted by Gasteiger charge is -2.17. The summed E-state index contributed by atoms with van der Waals surface area (Å²) in [5.41, 5.74) is 2.81. The highest BCUT2D eigenvalue weighted by molar-refractivity contribution is 5.97. The van der Waals surface area contributed by atoms with Crippen LogP contribution in [0.25, 0.3) is 0 Å². The third-order valence-electron chi connectivity index (χ3n) is 3.71. The summed E-state index contributed by atoms with van der Waals surface area (Å²) in [7, 11) is 0. The van der Waals surface area contributed by atoms with Crippen molar-refractivity contribution in [3.8, 4) is 0 Å². The number of anilines is 1. The normalized spacial score (nSPS) is 11.6. The number of carbonyl (C=O) groups is 2. The molecule has 6 heteroatoms. The predicted molar refractivity (Wildman–Crippen MR) is 95.6 cm³/mol. The average Bonchev–Trinajstić information content (AvgIpc) is 3.08. The highest BCUT2D eigenvalue weighted by Crippen LogP contribution is 2.22. The third-order valence-corrected chi connectivity index (χ3v) is 3.71. The summed E-state index contributed by atoms with van der Waals surface area (Å²) in [6.45, 7) is 3.65. The zero-order chi connectivity index (χ0) is 18.5. The van der Waals surface area contributed by atoms with Gasteiger partial charge < -0.3 is 14.6 Å². The van der Waals surface area contributed by atoms with Gasteiger partial charge in [-0.3, -0.25) is 4.79 Å². The van der Waals surface area contributed by atoms with Crippen molar-refractivity contribution in [2.75, 3.05) is 5.32 Å². The van der Waals surface area contributed by atoms with Crippen molar-refractivity contribution in [2.45, 2.75) is 20.0 Å². The van der Waals surface area contributed by atoms with Gasteiger partial charge in [-0.2, -0.15) is 0 Å². The lowest BCUT2D eigenvalue weighted by Crippen LogP contribution is -2.25. The van der Waals surface area contributed by atoms with Crippen LogP contribution in [0.5, 0.6) is 0 Å². The molecule has 0 bridgehead atoms. The van der Waals surface area contributed by atoms with Crippen molar-refractivity contribution >= 4 is 17.6 Å². The van der Waals surface area contributed by atoms with E-state index in [0.29, 0.717) is 16.9 Å². The second-order valence-corrected chi connectivity index (χ2v) is 5.88. The molecule has 1 atom stereocenters. The molecule has 132 valence electrons. The number of hydrogen-bond donors (Lipinski definition) is 1. The Labute approximate surface area is 150 Å². The molecule has 26 heavy (non-hydrogen) atoms. The summed E-state index contributed by atoms with van der Waals surface area (Å²) in [5, 5.41) is 6.43. The van der Waals surface area contributed by atoms with E-state index in [2.05, 4.69) is 10.5 Å². The Bertz CT molecular complexity index is 901. The number of esters is 1. The van der Waals surface area contributed by atoms with Crippen LogP contribution in [0.3, 0.4) is 0 Å². The molecule has 2 aromatic carbocycles. The van der Waals surface area contributed by atoms with Crippen LogP contribution in [0.15, 0.2) is 65.2 Å². The van der Waals surface area contributed by atoms with Gasteiger partial charge in [0.15, 0.2) is 0 Å². The summed E-state index contributed by atoms with van der Waals surface area (Å²) in [4.78, 5) is 25.0. The van der Waals surface area contributed by atoms with Gasteiger partial charge in [-0.1, -0.05) is 53.2 Å². The molecule has 3 rings (SSSR count). The molecule has 0 saturated carbocycles. The molecular formula is C20H18N2O4.